The molecule has 0 radical (unpaired) electrons. The van der Waals surface area contributed by atoms with E-state index in [4.69, 9.17) is 10.5 Å². The zero-order chi connectivity index (χ0) is 13.0. The number of nitrogens with zero attached hydrogens (tertiary/aromatic N) is 2. The summed E-state index contributed by atoms with van der Waals surface area (Å²) in [6.45, 7) is 2.58. The molecule has 0 unspecified atom stereocenters. The van der Waals surface area contributed by atoms with E-state index in [0.29, 0.717) is 6.61 Å². The second-order valence-corrected chi connectivity index (χ2v) is 4.41. The summed E-state index contributed by atoms with van der Waals surface area (Å²) in [6.07, 6.45) is 4.53. The number of aromatic nitrogens is 2. The molecule has 0 saturated heterocycles. The predicted octanol–water partition coefficient (Wildman–Crippen LogP) is 2.06. The van der Waals surface area contributed by atoms with Gasteiger partial charge in [0.15, 0.2) is 0 Å². The number of hydrogen-bond donors (Lipinski definition) is 1. The van der Waals surface area contributed by atoms with Crippen LogP contribution in [-0.2, 0) is 13.5 Å². The maximum Gasteiger partial charge on any atom is 0.119 e. The molecule has 0 fully saturated rings. The monoisotopic (exact) mass is 245 g/mol. The fourth-order valence-electron chi connectivity index (χ4n) is 1.79. The summed E-state index contributed by atoms with van der Waals surface area (Å²) < 4.78 is 7.72. The molecule has 4 nitrogen and oxygen atoms in total. The van der Waals surface area contributed by atoms with Crippen LogP contribution in [0.3, 0.4) is 0 Å². The van der Waals surface area contributed by atoms with E-state index in [1.165, 1.54) is 0 Å². The number of benzene rings is 1. The lowest BCUT2D eigenvalue weighted by Gasteiger charge is -2.10. The quantitative estimate of drug-likeness (QED) is 0.877. The summed E-state index contributed by atoms with van der Waals surface area (Å²) in [6, 6.07) is 7.95. The van der Waals surface area contributed by atoms with Gasteiger partial charge in [0.1, 0.15) is 11.6 Å². The fraction of sp³-hybridized carbons (Fsp3) is 0.357. The third-order valence-corrected chi connectivity index (χ3v) is 2.90. The molecule has 0 aliphatic rings. The van der Waals surface area contributed by atoms with Gasteiger partial charge < -0.3 is 15.0 Å². The molecule has 4 heteroatoms. The minimum absolute atomic E-state index is 0.0306. The second kappa shape index (κ2) is 5.69. The number of imidazole rings is 1. The molecule has 1 heterocycles. The molecular formula is C14H19N3O. The van der Waals surface area contributed by atoms with Gasteiger partial charge in [-0.1, -0.05) is 12.1 Å². The minimum Gasteiger partial charge on any atom is -0.493 e. The Bertz CT molecular complexity index is 505. The molecule has 1 aromatic heterocycles. The summed E-state index contributed by atoms with van der Waals surface area (Å²) in [5.41, 5.74) is 6.93. The maximum atomic E-state index is 5.84. The number of hydrogen-bond acceptors (Lipinski definition) is 3. The van der Waals surface area contributed by atoms with Crippen LogP contribution in [0.15, 0.2) is 36.7 Å². The van der Waals surface area contributed by atoms with Crippen molar-refractivity contribution in [1.82, 2.24) is 9.55 Å². The summed E-state index contributed by atoms with van der Waals surface area (Å²) in [4.78, 5) is 4.26. The van der Waals surface area contributed by atoms with E-state index in [0.717, 1.165) is 23.6 Å². The second-order valence-electron chi connectivity index (χ2n) is 4.41. The van der Waals surface area contributed by atoms with Gasteiger partial charge >= 0.3 is 0 Å². The van der Waals surface area contributed by atoms with Gasteiger partial charge in [-0.2, -0.15) is 0 Å². The Kier molecular flexibility index (Phi) is 3.99. The average molecular weight is 245 g/mol. The number of nitrogens with two attached hydrogens (primary N) is 1. The molecule has 0 bridgehead atoms. The van der Waals surface area contributed by atoms with Crippen molar-refractivity contribution in [1.29, 1.82) is 0 Å². The number of aryl methyl sites for hydroxylation is 1. The normalized spacial score (nSPS) is 12.4. The molecule has 2 rings (SSSR count). The molecule has 1 atom stereocenters. The van der Waals surface area contributed by atoms with Gasteiger partial charge in [0.05, 0.1) is 6.61 Å². The van der Waals surface area contributed by atoms with E-state index in [2.05, 4.69) is 4.98 Å². The number of rotatable bonds is 5. The van der Waals surface area contributed by atoms with Gasteiger partial charge in [-0.3, -0.25) is 0 Å². The van der Waals surface area contributed by atoms with E-state index in [1.807, 2.05) is 49.0 Å². The highest BCUT2D eigenvalue weighted by atomic mass is 16.5. The molecule has 0 saturated carbocycles. The largest absolute Gasteiger partial charge is 0.493 e. The van der Waals surface area contributed by atoms with Gasteiger partial charge in [0.25, 0.3) is 0 Å². The topological polar surface area (TPSA) is 53.1 Å². The fourth-order valence-corrected chi connectivity index (χ4v) is 1.79. The Morgan fingerprint density at radius 2 is 2.28 bits per heavy atom. The highest BCUT2D eigenvalue weighted by Crippen LogP contribution is 2.17. The van der Waals surface area contributed by atoms with Gasteiger partial charge in [-0.25, -0.2) is 4.98 Å². The predicted molar refractivity (Wildman–Crippen MR) is 71.5 cm³/mol. The molecule has 0 amide bonds. The van der Waals surface area contributed by atoms with Crippen LogP contribution in [0.4, 0.5) is 0 Å². The standard InChI is InChI=1S/C14H19N3O/c1-11(15)12-4-3-5-13(10-12)18-9-6-14-16-7-8-17(14)2/h3-5,7-8,10-11H,6,9,15H2,1-2H3/t11-/m0/s1. The van der Waals surface area contributed by atoms with Crippen molar-refractivity contribution in [2.24, 2.45) is 12.8 Å². The Morgan fingerprint density at radius 3 is 2.94 bits per heavy atom. The number of ether oxygens (including phenoxy) is 1. The molecule has 96 valence electrons. The molecule has 0 aliphatic carbocycles. The Hall–Kier alpha value is -1.81. The lowest BCUT2D eigenvalue weighted by Crippen LogP contribution is -2.08. The maximum absolute atomic E-state index is 5.84. The molecule has 1 aromatic carbocycles. The molecule has 0 spiro atoms. The lowest BCUT2D eigenvalue weighted by molar-refractivity contribution is 0.317. The molecule has 0 aliphatic heterocycles. The van der Waals surface area contributed by atoms with Gasteiger partial charge in [-0.15, -0.1) is 0 Å². The summed E-state index contributed by atoms with van der Waals surface area (Å²) in [7, 11) is 1.99. The molecule has 2 aromatic rings. The first-order valence-corrected chi connectivity index (χ1v) is 6.11. The van der Waals surface area contributed by atoms with Crippen LogP contribution in [0, 0.1) is 0 Å². The van der Waals surface area contributed by atoms with Crippen LogP contribution in [0.25, 0.3) is 0 Å². The highest BCUT2D eigenvalue weighted by Gasteiger charge is 2.02. The summed E-state index contributed by atoms with van der Waals surface area (Å²) in [5.74, 6) is 1.89. The third kappa shape index (κ3) is 3.11. The van der Waals surface area contributed by atoms with Crippen molar-refractivity contribution >= 4 is 0 Å². The summed E-state index contributed by atoms with van der Waals surface area (Å²) >= 11 is 0. The van der Waals surface area contributed by atoms with Gasteiger partial charge in [0.2, 0.25) is 0 Å². The average Bonchev–Trinajstić information content (AvgIpc) is 2.76. The van der Waals surface area contributed by atoms with Crippen LogP contribution in [0.5, 0.6) is 5.75 Å². The van der Waals surface area contributed by atoms with Crippen LogP contribution in [0.2, 0.25) is 0 Å². The first-order chi connectivity index (χ1) is 8.66. The van der Waals surface area contributed by atoms with Crippen LogP contribution >= 0.6 is 0 Å². The van der Waals surface area contributed by atoms with Crippen molar-refractivity contribution in [3.8, 4) is 5.75 Å². The Balaban J connectivity index is 1.90. The zero-order valence-electron chi connectivity index (χ0n) is 10.8. The Morgan fingerprint density at radius 1 is 1.44 bits per heavy atom. The summed E-state index contributed by atoms with van der Waals surface area (Å²) in [5, 5.41) is 0. The van der Waals surface area contributed by atoms with Gasteiger partial charge in [-0.05, 0) is 24.6 Å². The SMILES string of the molecule is C[C@H](N)c1cccc(OCCc2nccn2C)c1. The van der Waals surface area contributed by atoms with Crippen molar-refractivity contribution in [3.05, 3.63) is 48.0 Å². The molecular weight excluding hydrogens is 226 g/mol. The van der Waals surface area contributed by atoms with E-state index in [1.54, 1.807) is 6.20 Å². The van der Waals surface area contributed by atoms with Gasteiger partial charge in [0, 0.05) is 31.9 Å². The van der Waals surface area contributed by atoms with E-state index in [9.17, 15) is 0 Å². The highest BCUT2D eigenvalue weighted by molar-refractivity contribution is 5.30. The van der Waals surface area contributed by atoms with Crippen LogP contribution in [-0.4, -0.2) is 16.2 Å². The first-order valence-electron chi connectivity index (χ1n) is 6.11. The first kappa shape index (κ1) is 12.6. The zero-order valence-corrected chi connectivity index (χ0v) is 10.8. The van der Waals surface area contributed by atoms with Crippen LogP contribution < -0.4 is 10.5 Å². The molecule has 2 N–H and O–H groups in total. The lowest BCUT2D eigenvalue weighted by atomic mass is 10.1. The van der Waals surface area contributed by atoms with Crippen LogP contribution in [0.1, 0.15) is 24.4 Å². The third-order valence-electron chi connectivity index (χ3n) is 2.90. The van der Waals surface area contributed by atoms with E-state index >= 15 is 0 Å². The minimum atomic E-state index is 0.0306. The molecule has 18 heavy (non-hydrogen) atoms. The van der Waals surface area contributed by atoms with E-state index < -0.39 is 0 Å². The van der Waals surface area contributed by atoms with Crippen molar-refractivity contribution < 1.29 is 4.74 Å². The smallest absolute Gasteiger partial charge is 0.119 e. The van der Waals surface area contributed by atoms with Crippen molar-refractivity contribution in [2.45, 2.75) is 19.4 Å². The van der Waals surface area contributed by atoms with Crippen molar-refractivity contribution in [3.63, 3.8) is 0 Å². The Labute approximate surface area is 107 Å². The van der Waals surface area contributed by atoms with Crippen molar-refractivity contribution in [2.75, 3.05) is 6.61 Å². The van der Waals surface area contributed by atoms with E-state index in [-0.39, 0.29) is 6.04 Å².